The van der Waals surface area contributed by atoms with Crippen LogP contribution in [0.3, 0.4) is 0 Å². The van der Waals surface area contributed by atoms with Crippen molar-refractivity contribution in [2.75, 3.05) is 24.9 Å². The van der Waals surface area contributed by atoms with Gasteiger partial charge in [0.25, 0.3) is 0 Å². The Hall–Kier alpha value is -4.58. The van der Waals surface area contributed by atoms with E-state index in [-0.39, 0.29) is 13.1 Å². The summed E-state index contributed by atoms with van der Waals surface area (Å²) in [6.45, 7) is 0.841. The van der Waals surface area contributed by atoms with Crippen LogP contribution in [0.2, 0.25) is 5.02 Å². The number of pyridine rings is 1. The molecule has 43 heavy (non-hydrogen) atoms. The molecule has 4 rings (SSSR count). The number of hydrogen-bond donors (Lipinski definition) is 2. The highest BCUT2D eigenvalue weighted by molar-refractivity contribution is 6.34. The van der Waals surface area contributed by atoms with Crippen LogP contribution in [0, 0.1) is 18.6 Å². The SMILES string of the molecule is COc1ccc(CN(Cc2ccc(OC)cc2)c2nc(-c3c(Cl)cc(C(=O)O)c(N)c3F)c(C(F)(F)F)c(C)c2F)cc1. The summed E-state index contributed by atoms with van der Waals surface area (Å²) in [6.07, 6.45) is -5.20. The highest BCUT2D eigenvalue weighted by Gasteiger charge is 2.41. The number of alkyl halides is 3. The van der Waals surface area contributed by atoms with E-state index in [9.17, 15) is 23.1 Å². The zero-order valence-electron chi connectivity index (χ0n) is 23.0. The summed E-state index contributed by atoms with van der Waals surface area (Å²) in [5.41, 5.74) is 0.821. The quantitative estimate of drug-likeness (QED) is 0.147. The highest BCUT2D eigenvalue weighted by atomic mass is 35.5. The molecule has 0 aliphatic carbocycles. The van der Waals surface area contributed by atoms with Crippen LogP contribution in [0.4, 0.5) is 33.5 Å². The number of carboxylic acids is 1. The number of nitrogens with zero attached hydrogens (tertiary/aromatic N) is 2. The Labute approximate surface area is 248 Å². The van der Waals surface area contributed by atoms with Gasteiger partial charge in [0.05, 0.1) is 47.3 Å². The van der Waals surface area contributed by atoms with Crippen LogP contribution in [0.5, 0.6) is 11.5 Å². The second-order valence-electron chi connectivity index (χ2n) is 9.46. The van der Waals surface area contributed by atoms with E-state index in [1.54, 1.807) is 48.5 Å². The summed E-state index contributed by atoms with van der Waals surface area (Å²) in [4.78, 5) is 16.9. The summed E-state index contributed by atoms with van der Waals surface area (Å²) < 4.78 is 85.0. The van der Waals surface area contributed by atoms with Gasteiger partial charge in [0.1, 0.15) is 11.5 Å². The lowest BCUT2D eigenvalue weighted by atomic mass is 9.97. The Morgan fingerprint density at radius 3 is 1.86 bits per heavy atom. The predicted molar refractivity (Wildman–Crippen MR) is 152 cm³/mol. The highest BCUT2D eigenvalue weighted by Crippen LogP contribution is 2.45. The minimum absolute atomic E-state index is 0.0273. The van der Waals surface area contributed by atoms with E-state index in [1.165, 1.54) is 19.1 Å². The molecular weight excluding hydrogens is 597 g/mol. The first-order valence-electron chi connectivity index (χ1n) is 12.6. The molecule has 3 aromatic carbocycles. The maximum absolute atomic E-state index is 16.0. The molecular formula is C30H25ClF5N3O4. The van der Waals surface area contributed by atoms with Gasteiger partial charge in [0, 0.05) is 18.7 Å². The van der Waals surface area contributed by atoms with E-state index >= 15 is 8.78 Å². The molecule has 0 unspecified atom stereocenters. The van der Waals surface area contributed by atoms with Gasteiger partial charge >= 0.3 is 12.1 Å². The molecule has 0 bridgehead atoms. The predicted octanol–water partition coefficient (Wildman–Crippen LogP) is 7.51. The van der Waals surface area contributed by atoms with Crippen LogP contribution in [0.1, 0.15) is 32.6 Å². The number of anilines is 2. The minimum Gasteiger partial charge on any atom is -0.497 e. The van der Waals surface area contributed by atoms with Crippen molar-refractivity contribution in [2.45, 2.75) is 26.2 Å². The fourth-order valence-corrected chi connectivity index (χ4v) is 4.82. The van der Waals surface area contributed by atoms with Crippen LogP contribution >= 0.6 is 11.6 Å². The average molecular weight is 622 g/mol. The molecule has 3 N–H and O–H groups in total. The van der Waals surface area contributed by atoms with Gasteiger partial charge in [0.15, 0.2) is 17.5 Å². The molecule has 0 aliphatic heterocycles. The number of ether oxygens (including phenoxy) is 2. The zero-order valence-corrected chi connectivity index (χ0v) is 23.8. The fourth-order valence-electron chi connectivity index (χ4n) is 4.54. The molecule has 0 aliphatic rings. The van der Waals surface area contributed by atoms with Crippen LogP contribution in [0.25, 0.3) is 11.3 Å². The largest absolute Gasteiger partial charge is 0.497 e. The summed E-state index contributed by atoms with van der Waals surface area (Å²) in [6, 6.07) is 14.1. The van der Waals surface area contributed by atoms with E-state index in [2.05, 4.69) is 4.98 Å². The molecule has 13 heteroatoms. The molecule has 7 nitrogen and oxygen atoms in total. The van der Waals surface area contributed by atoms with E-state index in [0.29, 0.717) is 22.6 Å². The maximum atomic E-state index is 16.0. The number of carboxylic acid groups (broad SMARTS) is 1. The lowest BCUT2D eigenvalue weighted by molar-refractivity contribution is -0.137. The van der Waals surface area contributed by atoms with Crippen molar-refractivity contribution in [3.05, 3.63) is 99.1 Å². The van der Waals surface area contributed by atoms with Gasteiger partial charge in [-0.3, -0.25) is 0 Å². The van der Waals surface area contributed by atoms with Crippen LogP contribution in [0.15, 0.2) is 54.6 Å². The van der Waals surface area contributed by atoms with Gasteiger partial charge in [-0.05, 0) is 48.4 Å². The molecule has 1 aromatic heterocycles. The Kier molecular flexibility index (Phi) is 9.00. The first kappa shape index (κ1) is 31.4. The van der Waals surface area contributed by atoms with Crippen molar-refractivity contribution in [2.24, 2.45) is 0 Å². The van der Waals surface area contributed by atoms with Crippen LogP contribution in [-0.4, -0.2) is 30.3 Å². The number of benzene rings is 3. The number of nitrogen functional groups attached to an aromatic ring is 1. The average Bonchev–Trinajstić information content (AvgIpc) is 2.96. The van der Waals surface area contributed by atoms with Crippen LogP contribution in [-0.2, 0) is 19.3 Å². The second kappa shape index (κ2) is 12.3. The monoisotopic (exact) mass is 621 g/mol. The maximum Gasteiger partial charge on any atom is 0.418 e. The molecule has 0 saturated carbocycles. The van der Waals surface area contributed by atoms with Crippen molar-refractivity contribution in [1.29, 1.82) is 0 Å². The molecule has 1 heterocycles. The topological polar surface area (TPSA) is 97.9 Å². The first-order chi connectivity index (χ1) is 20.3. The zero-order chi connectivity index (χ0) is 31.6. The van der Waals surface area contributed by atoms with E-state index in [0.717, 1.165) is 13.0 Å². The van der Waals surface area contributed by atoms with Crippen molar-refractivity contribution < 1.29 is 41.3 Å². The number of halogens is 6. The van der Waals surface area contributed by atoms with Gasteiger partial charge < -0.3 is 25.2 Å². The third kappa shape index (κ3) is 6.43. The van der Waals surface area contributed by atoms with Crippen molar-refractivity contribution in [3.8, 4) is 22.8 Å². The lowest BCUT2D eigenvalue weighted by Crippen LogP contribution is -2.26. The molecule has 0 atom stereocenters. The number of aromatic nitrogens is 1. The van der Waals surface area contributed by atoms with Gasteiger partial charge in [-0.25, -0.2) is 18.6 Å². The molecule has 0 fully saturated rings. The Bertz CT molecular complexity index is 1610. The van der Waals surface area contributed by atoms with E-state index in [1.807, 2.05) is 0 Å². The number of hydrogen-bond acceptors (Lipinski definition) is 6. The Balaban J connectivity index is 1.98. The van der Waals surface area contributed by atoms with Gasteiger partial charge in [-0.2, -0.15) is 13.2 Å². The van der Waals surface area contributed by atoms with Crippen molar-refractivity contribution >= 4 is 29.1 Å². The third-order valence-electron chi connectivity index (χ3n) is 6.73. The number of aromatic carboxylic acids is 1. The summed E-state index contributed by atoms with van der Waals surface area (Å²) in [5.74, 6) is -3.88. The number of methoxy groups -OCH3 is 2. The Morgan fingerprint density at radius 2 is 1.44 bits per heavy atom. The molecule has 0 radical (unpaired) electrons. The molecule has 0 saturated heterocycles. The summed E-state index contributed by atoms with van der Waals surface area (Å²) in [5, 5.41) is 8.63. The normalized spacial score (nSPS) is 11.4. The summed E-state index contributed by atoms with van der Waals surface area (Å²) >= 11 is 6.15. The number of nitrogens with two attached hydrogens (primary N) is 1. The smallest absolute Gasteiger partial charge is 0.418 e. The number of rotatable bonds is 9. The molecule has 0 spiro atoms. The molecule has 226 valence electrons. The third-order valence-corrected chi connectivity index (χ3v) is 7.02. The van der Waals surface area contributed by atoms with Crippen molar-refractivity contribution in [3.63, 3.8) is 0 Å². The second-order valence-corrected chi connectivity index (χ2v) is 9.87. The minimum atomic E-state index is -5.20. The van der Waals surface area contributed by atoms with Gasteiger partial charge in [-0.15, -0.1) is 0 Å². The van der Waals surface area contributed by atoms with E-state index in [4.69, 9.17) is 26.8 Å². The van der Waals surface area contributed by atoms with Crippen molar-refractivity contribution in [1.82, 2.24) is 4.98 Å². The summed E-state index contributed by atoms with van der Waals surface area (Å²) in [7, 11) is 2.97. The number of carbonyl (C=O) groups is 1. The standard InChI is InChI=1S/C30H25ClF5N3O4/c1-15-23(30(34,35)36)27(22-21(31)12-20(29(40)41)26(37)25(22)33)38-28(24(15)32)39(13-16-4-8-18(42-2)9-5-16)14-17-6-10-19(43-3)11-7-17/h4-12H,13-14,37H2,1-3H3,(H,40,41). The Morgan fingerprint density at radius 1 is 0.953 bits per heavy atom. The van der Waals surface area contributed by atoms with E-state index < -0.39 is 68.3 Å². The van der Waals surface area contributed by atoms with Gasteiger partial charge in [0.2, 0.25) is 0 Å². The molecule has 0 amide bonds. The lowest BCUT2D eigenvalue weighted by Gasteiger charge is -2.28. The first-order valence-corrected chi connectivity index (χ1v) is 12.9. The van der Waals surface area contributed by atoms with Crippen LogP contribution < -0.4 is 20.1 Å². The fraction of sp³-hybridized carbons (Fsp3) is 0.200. The molecule has 4 aromatic rings. The van der Waals surface area contributed by atoms with Gasteiger partial charge in [-0.1, -0.05) is 35.9 Å².